The van der Waals surface area contributed by atoms with Gasteiger partial charge in [-0.2, -0.15) is 4.98 Å². The van der Waals surface area contributed by atoms with Gasteiger partial charge < -0.3 is 19.1 Å². The molecule has 0 saturated carbocycles. The van der Waals surface area contributed by atoms with E-state index in [-0.39, 0.29) is 0 Å². The van der Waals surface area contributed by atoms with Crippen molar-refractivity contribution >= 4 is 0 Å². The van der Waals surface area contributed by atoms with E-state index in [1.165, 1.54) is 0 Å². The predicted molar refractivity (Wildman–Crippen MR) is 105 cm³/mol. The van der Waals surface area contributed by atoms with Crippen molar-refractivity contribution in [3.05, 3.63) is 59.0 Å². The molecule has 0 aliphatic heterocycles. The molecule has 0 saturated heterocycles. The molecule has 28 heavy (non-hydrogen) atoms. The van der Waals surface area contributed by atoms with Gasteiger partial charge in [0, 0.05) is 5.56 Å². The maximum atomic E-state index is 10.1. The van der Waals surface area contributed by atoms with E-state index in [0.717, 1.165) is 46.6 Å². The Bertz CT molecular complexity index is 967. The fraction of sp³-hybridized carbons (Fsp3) is 0.364. The number of rotatable bonds is 7. The van der Waals surface area contributed by atoms with Gasteiger partial charge in [-0.05, 0) is 55.5 Å². The van der Waals surface area contributed by atoms with Crippen molar-refractivity contribution < 1.29 is 19.1 Å². The molecule has 0 spiro atoms. The first-order chi connectivity index (χ1) is 13.7. The van der Waals surface area contributed by atoms with E-state index in [0.29, 0.717) is 31.3 Å². The molecular weight excluding hydrogens is 356 g/mol. The van der Waals surface area contributed by atoms with Crippen LogP contribution < -0.4 is 9.47 Å². The van der Waals surface area contributed by atoms with Crippen LogP contribution in [-0.2, 0) is 12.8 Å². The summed E-state index contributed by atoms with van der Waals surface area (Å²) in [5.41, 5.74) is 4.03. The highest BCUT2D eigenvalue weighted by molar-refractivity contribution is 5.63. The molecular formula is C22H24N2O4. The van der Waals surface area contributed by atoms with Gasteiger partial charge in [0.1, 0.15) is 0 Å². The van der Waals surface area contributed by atoms with Crippen LogP contribution in [0.1, 0.15) is 49.0 Å². The van der Waals surface area contributed by atoms with E-state index in [9.17, 15) is 5.11 Å². The van der Waals surface area contributed by atoms with Gasteiger partial charge in [-0.1, -0.05) is 29.4 Å². The number of benzene rings is 2. The van der Waals surface area contributed by atoms with Gasteiger partial charge in [-0.3, -0.25) is 0 Å². The Morgan fingerprint density at radius 1 is 1.11 bits per heavy atom. The molecule has 4 rings (SSSR count). The van der Waals surface area contributed by atoms with Crippen LogP contribution in [0.2, 0.25) is 0 Å². The van der Waals surface area contributed by atoms with Crippen LogP contribution in [0, 0.1) is 0 Å². The standard InChI is InChI=1S/C22H24N2O4/c1-3-26-19-11-8-14(12-20(19)27-4-2)13-21-23-22(24-28-21)17-7-5-6-16-15(17)9-10-18(16)25/h5-8,11-12,18,25H,3-4,9-10,13H2,1-2H3. The van der Waals surface area contributed by atoms with E-state index in [1.54, 1.807) is 0 Å². The zero-order valence-corrected chi connectivity index (χ0v) is 16.1. The van der Waals surface area contributed by atoms with Crippen molar-refractivity contribution in [2.45, 2.75) is 39.2 Å². The monoisotopic (exact) mass is 380 g/mol. The Balaban J connectivity index is 1.57. The van der Waals surface area contributed by atoms with Gasteiger partial charge in [0.05, 0.1) is 25.7 Å². The maximum absolute atomic E-state index is 10.1. The molecule has 2 aromatic carbocycles. The molecule has 1 aliphatic rings. The smallest absolute Gasteiger partial charge is 0.231 e. The SMILES string of the molecule is CCOc1ccc(Cc2nc(-c3cccc4c3CCC4O)no2)cc1OCC. The van der Waals surface area contributed by atoms with Crippen LogP contribution in [0.4, 0.5) is 0 Å². The molecule has 1 N–H and O–H groups in total. The van der Waals surface area contributed by atoms with Crippen LogP contribution >= 0.6 is 0 Å². The first-order valence-electron chi connectivity index (χ1n) is 9.71. The van der Waals surface area contributed by atoms with E-state index >= 15 is 0 Å². The second-order valence-corrected chi connectivity index (χ2v) is 6.76. The Morgan fingerprint density at radius 3 is 2.75 bits per heavy atom. The van der Waals surface area contributed by atoms with Gasteiger partial charge in [0.25, 0.3) is 0 Å². The number of aromatic nitrogens is 2. The van der Waals surface area contributed by atoms with E-state index in [4.69, 9.17) is 14.0 Å². The van der Waals surface area contributed by atoms with Gasteiger partial charge >= 0.3 is 0 Å². The van der Waals surface area contributed by atoms with Crippen molar-refractivity contribution in [3.8, 4) is 22.9 Å². The fourth-order valence-electron chi connectivity index (χ4n) is 3.66. The molecule has 1 atom stereocenters. The minimum atomic E-state index is -0.401. The summed E-state index contributed by atoms with van der Waals surface area (Å²) in [6.07, 6.45) is 1.68. The zero-order chi connectivity index (χ0) is 19.5. The Hall–Kier alpha value is -2.86. The summed E-state index contributed by atoms with van der Waals surface area (Å²) in [4.78, 5) is 4.58. The topological polar surface area (TPSA) is 77.6 Å². The highest BCUT2D eigenvalue weighted by atomic mass is 16.5. The predicted octanol–water partition coefficient (Wildman–Crippen LogP) is 4.10. The zero-order valence-electron chi connectivity index (χ0n) is 16.1. The van der Waals surface area contributed by atoms with Gasteiger partial charge in [-0.25, -0.2) is 0 Å². The number of ether oxygens (including phenoxy) is 2. The quantitative estimate of drug-likeness (QED) is 0.665. The molecule has 6 nitrogen and oxygen atoms in total. The average molecular weight is 380 g/mol. The summed E-state index contributed by atoms with van der Waals surface area (Å²) in [6, 6.07) is 11.7. The molecule has 0 amide bonds. The summed E-state index contributed by atoms with van der Waals surface area (Å²) in [7, 11) is 0. The van der Waals surface area contributed by atoms with E-state index in [1.807, 2.05) is 50.2 Å². The minimum Gasteiger partial charge on any atom is -0.490 e. The normalized spacial score (nSPS) is 15.5. The Morgan fingerprint density at radius 2 is 1.93 bits per heavy atom. The van der Waals surface area contributed by atoms with Crippen molar-refractivity contribution in [2.24, 2.45) is 0 Å². The molecule has 1 aliphatic carbocycles. The molecule has 1 heterocycles. The number of aliphatic hydroxyl groups excluding tert-OH is 1. The number of fused-ring (bicyclic) bond motifs is 1. The number of aliphatic hydroxyl groups is 1. The summed E-state index contributed by atoms with van der Waals surface area (Å²) >= 11 is 0. The lowest BCUT2D eigenvalue weighted by Crippen LogP contribution is -1.99. The molecule has 146 valence electrons. The van der Waals surface area contributed by atoms with Gasteiger partial charge in [-0.15, -0.1) is 0 Å². The first kappa shape index (κ1) is 18.5. The summed E-state index contributed by atoms with van der Waals surface area (Å²) in [5.74, 6) is 2.56. The van der Waals surface area contributed by atoms with Gasteiger partial charge in [0.2, 0.25) is 11.7 Å². The van der Waals surface area contributed by atoms with Crippen LogP contribution in [0.5, 0.6) is 11.5 Å². The van der Waals surface area contributed by atoms with Gasteiger partial charge in [0.15, 0.2) is 11.5 Å². The lowest BCUT2D eigenvalue weighted by Gasteiger charge is -2.11. The molecule has 1 aromatic heterocycles. The van der Waals surface area contributed by atoms with Crippen LogP contribution in [0.3, 0.4) is 0 Å². The second kappa shape index (κ2) is 8.02. The number of hydrogen-bond donors (Lipinski definition) is 1. The third kappa shape index (κ3) is 3.60. The molecule has 0 radical (unpaired) electrons. The molecule has 0 bridgehead atoms. The largest absolute Gasteiger partial charge is 0.490 e. The summed E-state index contributed by atoms with van der Waals surface area (Å²) < 4.78 is 16.8. The highest BCUT2D eigenvalue weighted by Crippen LogP contribution is 2.36. The summed E-state index contributed by atoms with van der Waals surface area (Å²) in [5, 5.41) is 14.3. The van der Waals surface area contributed by atoms with Crippen molar-refractivity contribution in [2.75, 3.05) is 13.2 Å². The van der Waals surface area contributed by atoms with Crippen LogP contribution in [-0.4, -0.2) is 28.5 Å². The van der Waals surface area contributed by atoms with Crippen molar-refractivity contribution in [1.82, 2.24) is 10.1 Å². The molecule has 6 heteroatoms. The first-order valence-corrected chi connectivity index (χ1v) is 9.71. The second-order valence-electron chi connectivity index (χ2n) is 6.76. The fourth-order valence-corrected chi connectivity index (χ4v) is 3.66. The lowest BCUT2D eigenvalue weighted by molar-refractivity contribution is 0.180. The number of hydrogen-bond acceptors (Lipinski definition) is 6. The third-order valence-corrected chi connectivity index (χ3v) is 4.91. The highest BCUT2D eigenvalue weighted by Gasteiger charge is 2.24. The third-order valence-electron chi connectivity index (χ3n) is 4.91. The number of nitrogens with zero attached hydrogens (tertiary/aromatic N) is 2. The average Bonchev–Trinajstić information content (AvgIpc) is 3.31. The van der Waals surface area contributed by atoms with Crippen LogP contribution in [0.15, 0.2) is 40.9 Å². The molecule has 0 fully saturated rings. The van der Waals surface area contributed by atoms with E-state index in [2.05, 4.69) is 10.1 Å². The van der Waals surface area contributed by atoms with Crippen molar-refractivity contribution in [3.63, 3.8) is 0 Å². The maximum Gasteiger partial charge on any atom is 0.231 e. The Kier molecular flexibility index (Phi) is 5.30. The Labute approximate surface area is 164 Å². The minimum absolute atomic E-state index is 0.401. The summed E-state index contributed by atoms with van der Waals surface area (Å²) in [6.45, 7) is 5.05. The van der Waals surface area contributed by atoms with E-state index < -0.39 is 6.10 Å². The molecule has 1 unspecified atom stereocenters. The lowest BCUT2D eigenvalue weighted by atomic mass is 10.0. The molecule has 3 aromatic rings. The van der Waals surface area contributed by atoms with Crippen LogP contribution in [0.25, 0.3) is 11.4 Å². The van der Waals surface area contributed by atoms with Crippen molar-refractivity contribution in [1.29, 1.82) is 0 Å².